The van der Waals surface area contributed by atoms with E-state index in [0.717, 1.165) is 13.0 Å². The standard InChI is InChI=1S/C17H31N3S/c1-6-14-15(12-18-17(2,3)4)21-16(19-14)20(5)13-10-8-7-9-11-13/h13,18H,6-12H2,1-5H3. The van der Waals surface area contributed by atoms with E-state index in [1.54, 1.807) is 0 Å². The molecular weight excluding hydrogens is 278 g/mol. The highest BCUT2D eigenvalue weighted by Gasteiger charge is 2.22. The van der Waals surface area contributed by atoms with Gasteiger partial charge in [-0.1, -0.05) is 26.2 Å². The summed E-state index contributed by atoms with van der Waals surface area (Å²) in [4.78, 5) is 8.75. The van der Waals surface area contributed by atoms with Crippen LogP contribution in [-0.2, 0) is 13.0 Å². The quantitative estimate of drug-likeness (QED) is 0.876. The predicted octanol–water partition coefficient (Wildman–Crippen LogP) is 4.36. The summed E-state index contributed by atoms with van der Waals surface area (Å²) in [6, 6.07) is 0.693. The van der Waals surface area contributed by atoms with E-state index in [0.29, 0.717) is 6.04 Å². The van der Waals surface area contributed by atoms with Crippen LogP contribution in [0.25, 0.3) is 0 Å². The molecule has 3 nitrogen and oxygen atoms in total. The molecule has 0 saturated heterocycles. The highest BCUT2D eigenvalue weighted by atomic mass is 32.1. The van der Waals surface area contributed by atoms with Gasteiger partial charge in [-0.15, -0.1) is 11.3 Å². The van der Waals surface area contributed by atoms with Crippen molar-refractivity contribution in [3.8, 4) is 0 Å². The van der Waals surface area contributed by atoms with Crippen LogP contribution < -0.4 is 10.2 Å². The van der Waals surface area contributed by atoms with Crippen molar-refractivity contribution in [2.45, 2.75) is 84.3 Å². The summed E-state index contributed by atoms with van der Waals surface area (Å²) in [5, 5.41) is 4.81. The maximum Gasteiger partial charge on any atom is 0.185 e. The van der Waals surface area contributed by atoms with Crippen molar-refractivity contribution in [3.05, 3.63) is 10.6 Å². The fourth-order valence-corrected chi connectivity index (χ4v) is 4.03. The summed E-state index contributed by atoms with van der Waals surface area (Å²) in [5.41, 5.74) is 1.43. The van der Waals surface area contributed by atoms with E-state index in [4.69, 9.17) is 4.98 Å². The Hall–Kier alpha value is -0.610. The summed E-state index contributed by atoms with van der Waals surface area (Å²) >= 11 is 1.88. The highest BCUT2D eigenvalue weighted by molar-refractivity contribution is 7.15. The Kier molecular flexibility index (Phi) is 5.67. The van der Waals surface area contributed by atoms with Crippen LogP contribution in [0.3, 0.4) is 0 Å². The zero-order valence-electron chi connectivity index (χ0n) is 14.3. The number of aromatic nitrogens is 1. The van der Waals surface area contributed by atoms with E-state index >= 15 is 0 Å². The fourth-order valence-electron chi connectivity index (χ4n) is 2.90. The van der Waals surface area contributed by atoms with Gasteiger partial charge in [0.15, 0.2) is 5.13 Å². The second-order valence-electron chi connectivity index (χ2n) is 7.23. The lowest BCUT2D eigenvalue weighted by Gasteiger charge is -2.30. The Bertz CT molecular complexity index is 441. The van der Waals surface area contributed by atoms with Gasteiger partial charge in [-0.3, -0.25) is 0 Å². The van der Waals surface area contributed by atoms with Crippen molar-refractivity contribution in [1.82, 2.24) is 10.3 Å². The van der Waals surface area contributed by atoms with Gasteiger partial charge in [0.1, 0.15) is 0 Å². The van der Waals surface area contributed by atoms with E-state index < -0.39 is 0 Å². The largest absolute Gasteiger partial charge is 0.348 e. The van der Waals surface area contributed by atoms with Crippen LogP contribution in [0.15, 0.2) is 0 Å². The molecule has 0 aromatic carbocycles. The molecule has 1 aliphatic carbocycles. The lowest BCUT2D eigenvalue weighted by Crippen LogP contribution is -2.35. The van der Waals surface area contributed by atoms with Gasteiger partial charge in [-0.25, -0.2) is 4.98 Å². The number of aryl methyl sites for hydroxylation is 1. The van der Waals surface area contributed by atoms with E-state index in [2.05, 4.69) is 45.0 Å². The first kappa shape index (κ1) is 16.8. The van der Waals surface area contributed by atoms with Gasteiger partial charge in [-0.2, -0.15) is 0 Å². The summed E-state index contributed by atoms with van der Waals surface area (Å²) in [7, 11) is 2.23. The van der Waals surface area contributed by atoms with Crippen LogP contribution in [-0.4, -0.2) is 23.6 Å². The maximum atomic E-state index is 4.91. The molecule has 4 heteroatoms. The third-order valence-electron chi connectivity index (χ3n) is 4.31. The molecule has 2 rings (SSSR count). The highest BCUT2D eigenvalue weighted by Crippen LogP contribution is 2.31. The Morgan fingerprint density at radius 1 is 1.24 bits per heavy atom. The van der Waals surface area contributed by atoms with E-state index in [9.17, 15) is 0 Å². The Morgan fingerprint density at radius 3 is 2.48 bits per heavy atom. The first-order valence-corrected chi connectivity index (χ1v) is 9.19. The molecule has 0 aliphatic heterocycles. The molecular formula is C17H31N3S. The van der Waals surface area contributed by atoms with Crippen LogP contribution in [0.4, 0.5) is 5.13 Å². The number of thiazole rings is 1. The first-order valence-electron chi connectivity index (χ1n) is 8.37. The number of hydrogen-bond acceptors (Lipinski definition) is 4. The smallest absolute Gasteiger partial charge is 0.185 e. The summed E-state index contributed by atoms with van der Waals surface area (Å²) in [6.07, 6.45) is 7.83. The third-order valence-corrected chi connectivity index (χ3v) is 5.49. The SMILES string of the molecule is CCc1nc(N(C)C2CCCCC2)sc1CNC(C)(C)C. The Balaban J connectivity index is 2.08. The Labute approximate surface area is 134 Å². The van der Waals surface area contributed by atoms with Crippen LogP contribution in [0, 0.1) is 0 Å². The van der Waals surface area contributed by atoms with Crippen LogP contribution in [0.5, 0.6) is 0 Å². The van der Waals surface area contributed by atoms with Crippen molar-refractivity contribution < 1.29 is 0 Å². The summed E-state index contributed by atoms with van der Waals surface area (Å²) in [6.45, 7) is 9.79. The fraction of sp³-hybridized carbons (Fsp3) is 0.824. The lowest BCUT2D eigenvalue weighted by molar-refractivity contribution is 0.425. The van der Waals surface area contributed by atoms with Gasteiger partial charge in [0, 0.05) is 30.1 Å². The average molecular weight is 310 g/mol. The molecule has 1 heterocycles. The molecule has 1 aliphatic rings. The minimum absolute atomic E-state index is 0.157. The molecule has 0 bridgehead atoms. The molecule has 1 fully saturated rings. The van der Waals surface area contributed by atoms with Gasteiger partial charge < -0.3 is 10.2 Å². The zero-order chi connectivity index (χ0) is 15.5. The van der Waals surface area contributed by atoms with Gasteiger partial charge in [-0.05, 0) is 40.0 Å². The second kappa shape index (κ2) is 7.10. The van der Waals surface area contributed by atoms with Gasteiger partial charge in [0.05, 0.1) is 5.69 Å². The van der Waals surface area contributed by atoms with Crippen molar-refractivity contribution in [2.75, 3.05) is 11.9 Å². The van der Waals surface area contributed by atoms with E-state index in [1.165, 1.54) is 47.8 Å². The van der Waals surface area contributed by atoms with Crippen molar-refractivity contribution in [3.63, 3.8) is 0 Å². The van der Waals surface area contributed by atoms with E-state index in [-0.39, 0.29) is 5.54 Å². The number of nitrogens with zero attached hydrogens (tertiary/aromatic N) is 2. The molecule has 0 spiro atoms. The van der Waals surface area contributed by atoms with Crippen LogP contribution in [0.2, 0.25) is 0 Å². The number of rotatable bonds is 5. The van der Waals surface area contributed by atoms with Crippen molar-refractivity contribution >= 4 is 16.5 Å². The second-order valence-corrected chi connectivity index (χ2v) is 8.29. The molecule has 1 N–H and O–H groups in total. The minimum atomic E-state index is 0.157. The molecule has 0 atom stereocenters. The average Bonchev–Trinajstić information content (AvgIpc) is 2.88. The Morgan fingerprint density at radius 2 is 1.90 bits per heavy atom. The predicted molar refractivity (Wildman–Crippen MR) is 93.4 cm³/mol. The van der Waals surface area contributed by atoms with Gasteiger partial charge >= 0.3 is 0 Å². The summed E-state index contributed by atoms with van der Waals surface area (Å²) < 4.78 is 0. The van der Waals surface area contributed by atoms with Gasteiger partial charge in [0.25, 0.3) is 0 Å². The molecule has 1 aromatic heterocycles. The summed E-state index contributed by atoms with van der Waals surface area (Å²) in [5.74, 6) is 0. The molecule has 120 valence electrons. The lowest BCUT2D eigenvalue weighted by atomic mass is 9.95. The van der Waals surface area contributed by atoms with Crippen LogP contribution >= 0.6 is 11.3 Å². The number of hydrogen-bond donors (Lipinski definition) is 1. The molecule has 21 heavy (non-hydrogen) atoms. The molecule has 1 aromatic rings. The maximum absolute atomic E-state index is 4.91. The van der Waals surface area contributed by atoms with E-state index in [1.807, 2.05) is 11.3 Å². The normalized spacial score (nSPS) is 17.2. The zero-order valence-corrected chi connectivity index (χ0v) is 15.1. The van der Waals surface area contributed by atoms with Crippen molar-refractivity contribution in [2.24, 2.45) is 0 Å². The first-order chi connectivity index (χ1) is 9.90. The topological polar surface area (TPSA) is 28.2 Å². The van der Waals surface area contributed by atoms with Gasteiger partial charge in [0.2, 0.25) is 0 Å². The van der Waals surface area contributed by atoms with Crippen LogP contribution in [0.1, 0.15) is 70.4 Å². The minimum Gasteiger partial charge on any atom is -0.348 e. The number of nitrogens with one attached hydrogen (secondary N) is 1. The molecule has 0 amide bonds. The monoisotopic (exact) mass is 309 g/mol. The molecule has 0 radical (unpaired) electrons. The molecule has 0 unspecified atom stereocenters. The van der Waals surface area contributed by atoms with Crippen molar-refractivity contribution in [1.29, 1.82) is 0 Å². The third kappa shape index (κ3) is 4.68. The number of anilines is 1. The molecule has 1 saturated carbocycles.